The lowest BCUT2D eigenvalue weighted by molar-refractivity contribution is 0.293. The zero-order chi connectivity index (χ0) is 14.0. The van der Waals surface area contributed by atoms with Gasteiger partial charge in [0, 0.05) is 23.2 Å². The summed E-state index contributed by atoms with van der Waals surface area (Å²) in [6.45, 7) is 6.54. The minimum atomic E-state index is 0.144. The standard InChI is InChI=1S/C14H20BrN3O/c1-14(2)7-4-8-18(9-14)11-6-3-5-10(15)12(11)13(16)17-19/h3,5-6,19H,4,7-9H2,1-2H3,(H2,16,17). The summed E-state index contributed by atoms with van der Waals surface area (Å²) in [5.41, 5.74) is 7.90. The van der Waals surface area contributed by atoms with Crippen LogP contribution in [0.25, 0.3) is 0 Å². The molecule has 1 aromatic carbocycles. The van der Waals surface area contributed by atoms with Crippen LogP contribution >= 0.6 is 15.9 Å². The van der Waals surface area contributed by atoms with Gasteiger partial charge in [0.05, 0.1) is 5.56 Å². The van der Waals surface area contributed by atoms with Gasteiger partial charge in [0.2, 0.25) is 0 Å². The second-order valence-corrected chi connectivity index (χ2v) is 6.66. The van der Waals surface area contributed by atoms with Gasteiger partial charge in [-0.3, -0.25) is 0 Å². The molecule has 2 rings (SSSR count). The van der Waals surface area contributed by atoms with Crippen molar-refractivity contribution in [3.8, 4) is 0 Å². The Kier molecular flexibility index (Phi) is 4.04. The van der Waals surface area contributed by atoms with E-state index in [1.807, 2.05) is 18.2 Å². The second kappa shape index (κ2) is 5.41. The molecule has 3 N–H and O–H groups in total. The Morgan fingerprint density at radius 2 is 2.21 bits per heavy atom. The molecule has 1 fully saturated rings. The predicted molar refractivity (Wildman–Crippen MR) is 81.9 cm³/mol. The Hall–Kier alpha value is -1.23. The van der Waals surface area contributed by atoms with Crippen molar-refractivity contribution in [3.05, 3.63) is 28.2 Å². The van der Waals surface area contributed by atoms with E-state index in [2.05, 4.69) is 39.8 Å². The van der Waals surface area contributed by atoms with Crippen LogP contribution in [0, 0.1) is 5.41 Å². The lowest BCUT2D eigenvalue weighted by atomic mass is 9.84. The molecule has 0 aromatic heterocycles. The Morgan fingerprint density at radius 1 is 1.47 bits per heavy atom. The van der Waals surface area contributed by atoms with Crippen LogP contribution in [0.4, 0.5) is 5.69 Å². The molecule has 0 radical (unpaired) electrons. The smallest absolute Gasteiger partial charge is 0.173 e. The number of halogens is 1. The fourth-order valence-corrected chi connectivity index (χ4v) is 3.27. The number of nitrogens with zero attached hydrogens (tertiary/aromatic N) is 2. The molecule has 0 amide bonds. The maximum absolute atomic E-state index is 8.96. The third kappa shape index (κ3) is 3.03. The van der Waals surface area contributed by atoms with Crippen LogP contribution < -0.4 is 10.6 Å². The summed E-state index contributed by atoms with van der Waals surface area (Å²) >= 11 is 3.49. The van der Waals surface area contributed by atoms with Crippen molar-refractivity contribution < 1.29 is 5.21 Å². The van der Waals surface area contributed by atoms with E-state index in [9.17, 15) is 0 Å². The summed E-state index contributed by atoms with van der Waals surface area (Å²) in [6, 6.07) is 5.92. The number of oxime groups is 1. The maximum Gasteiger partial charge on any atom is 0.173 e. The molecular formula is C14H20BrN3O. The summed E-state index contributed by atoms with van der Waals surface area (Å²) in [5.74, 6) is 0.144. The van der Waals surface area contributed by atoms with Gasteiger partial charge in [0.25, 0.3) is 0 Å². The maximum atomic E-state index is 8.96. The molecule has 0 aliphatic carbocycles. The molecule has 1 saturated heterocycles. The molecule has 19 heavy (non-hydrogen) atoms. The van der Waals surface area contributed by atoms with E-state index in [1.165, 1.54) is 6.42 Å². The van der Waals surface area contributed by atoms with E-state index >= 15 is 0 Å². The minimum Gasteiger partial charge on any atom is -0.409 e. The van der Waals surface area contributed by atoms with Crippen LogP contribution in [-0.2, 0) is 0 Å². The van der Waals surface area contributed by atoms with Crippen LogP contribution in [0.15, 0.2) is 27.8 Å². The predicted octanol–water partition coefficient (Wildman–Crippen LogP) is 3.17. The van der Waals surface area contributed by atoms with Crippen LogP contribution in [0.3, 0.4) is 0 Å². The number of hydrogen-bond donors (Lipinski definition) is 2. The van der Waals surface area contributed by atoms with Crippen molar-refractivity contribution >= 4 is 27.5 Å². The SMILES string of the molecule is CC1(C)CCCN(c2cccc(Br)c2/C(N)=N/O)C1. The third-order valence-electron chi connectivity index (χ3n) is 3.60. The number of nitrogens with two attached hydrogens (primary N) is 1. The average molecular weight is 326 g/mol. The molecule has 1 heterocycles. The Bertz CT molecular complexity index is 499. The van der Waals surface area contributed by atoms with E-state index in [1.54, 1.807) is 0 Å². The molecule has 1 aliphatic heterocycles. The Labute approximate surface area is 122 Å². The van der Waals surface area contributed by atoms with Crippen LogP contribution in [0.1, 0.15) is 32.3 Å². The normalized spacial score (nSPS) is 19.5. The molecule has 0 spiro atoms. The largest absolute Gasteiger partial charge is 0.409 e. The highest BCUT2D eigenvalue weighted by atomic mass is 79.9. The first kappa shape index (κ1) is 14.2. The molecule has 1 aromatic rings. The van der Waals surface area contributed by atoms with Gasteiger partial charge in [-0.05, 0) is 46.3 Å². The molecule has 0 bridgehead atoms. The monoisotopic (exact) mass is 325 g/mol. The number of anilines is 1. The fraction of sp³-hybridized carbons (Fsp3) is 0.500. The van der Waals surface area contributed by atoms with Crippen LogP contribution in [0.2, 0.25) is 0 Å². The van der Waals surface area contributed by atoms with Gasteiger partial charge < -0.3 is 15.8 Å². The van der Waals surface area contributed by atoms with Gasteiger partial charge in [0.1, 0.15) is 0 Å². The lowest BCUT2D eigenvalue weighted by Crippen LogP contribution is -2.41. The summed E-state index contributed by atoms with van der Waals surface area (Å²) in [5, 5.41) is 12.1. The van der Waals surface area contributed by atoms with Crippen LogP contribution in [-0.4, -0.2) is 24.1 Å². The molecule has 1 aliphatic rings. The van der Waals surface area contributed by atoms with E-state index in [0.29, 0.717) is 5.41 Å². The Balaban J connectivity index is 2.42. The molecule has 104 valence electrons. The summed E-state index contributed by atoms with van der Waals surface area (Å²) in [6.07, 6.45) is 2.39. The van der Waals surface area contributed by atoms with Crippen molar-refractivity contribution in [2.24, 2.45) is 16.3 Å². The zero-order valence-corrected chi connectivity index (χ0v) is 12.9. The van der Waals surface area contributed by atoms with Crippen molar-refractivity contribution in [1.82, 2.24) is 0 Å². The van der Waals surface area contributed by atoms with Gasteiger partial charge in [-0.2, -0.15) is 0 Å². The summed E-state index contributed by atoms with van der Waals surface area (Å²) < 4.78 is 0.851. The molecule has 5 heteroatoms. The quantitative estimate of drug-likeness (QED) is 0.380. The van der Waals surface area contributed by atoms with Crippen molar-refractivity contribution in [2.75, 3.05) is 18.0 Å². The van der Waals surface area contributed by atoms with E-state index < -0.39 is 0 Å². The Morgan fingerprint density at radius 3 is 2.84 bits per heavy atom. The van der Waals surface area contributed by atoms with Crippen molar-refractivity contribution in [1.29, 1.82) is 0 Å². The van der Waals surface area contributed by atoms with Gasteiger partial charge in [-0.15, -0.1) is 0 Å². The van der Waals surface area contributed by atoms with Gasteiger partial charge in [-0.25, -0.2) is 0 Å². The minimum absolute atomic E-state index is 0.144. The third-order valence-corrected chi connectivity index (χ3v) is 4.26. The molecule has 0 saturated carbocycles. The number of hydrogen-bond acceptors (Lipinski definition) is 3. The highest BCUT2D eigenvalue weighted by molar-refractivity contribution is 9.10. The van der Waals surface area contributed by atoms with Gasteiger partial charge in [0.15, 0.2) is 5.84 Å². The van der Waals surface area contributed by atoms with Crippen molar-refractivity contribution in [2.45, 2.75) is 26.7 Å². The lowest BCUT2D eigenvalue weighted by Gasteiger charge is -2.40. The molecule has 0 atom stereocenters. The number of benzene rings is 1. The topological polar surface area (TPSA) is 61.8 Å². The zero-order valence-electron chi connectivity index (χ0n) is 11.4. The second-order valence-electron chi connectivity index (χ2n) is 5.81. The van der Waals surface area contributed by atoms with Gasteiger partial charge in [-0.1, -0.05) is 25.1 Å². The molecular weight excluding hydrogens is 306 g/mol. The number of amidine groups is 1. The fourth-order valence-electron chi connectivity index (χ4n) is 2.71. The first-order valence-corrected chi connectivity index (χ1v) is 7.25. The average Bonchev–Trinajstić information content (AvgIpc) is 2.36. The van der Waals surface area contributed by atoms with E-state index in [0.717, 1.165) is 35.2 Å². The highest BCUT2D eigenvalue weighted by Gasteiger charge is 2.28. The number of rotatable bonds is 2. The van der Waals surface area contributed by atoms with Gasteiger partial charge >= 0.3 is 0 Å². The first-order valence-electron chi connectivity index (χ1n) is 6.46. The van der Waals surface area contributed by atoms with E-state index in [4.69, 9.17) is 10.9 Å². The van der Waals surface area contributed by atoms with Crippen molar-refractivity contribution in [3.63, 3.8) is 0 Å². The highest BCUT2D eigenvalue weighted by Crippen LogP contribution is 2.35. The number of piperidine rings is 1. The molecule has 0 unspecified atom stereocenters. The molecule has 4 nitrogen and oxygen atoms in total. The first-order chi connectivity index (χ1) is 8.94. The van der Waals surface area contributed by atoms with E-state index in [-0.39, 0.29) is 5.84 Å². The summed E-state index contributed by atoms with van der Waals surface area (Å²) in [4.78, 5) is 2.32. The van der Waals surface area contributed by atoms with Crippen LogP contribution in [0.5, 0.6) is 0 Å². The summed E-state index contributed by atoms with van der Waals surface area (Å²) in [7, 11) is 0.